The van der Waals surface area contributed by atoms with E-state index in [1.165, 1.54) is 40.9 Å². The van der Waals surface area contributed by atoms with E-state index in [0.717, 1.165) is 10.9 Å². The summed E-state index contributed by atoms with van der Waals surface area (Å²) in [6.45, 7) is 1.91. The van der Waals surface area contributed by atoms with Crippen LogP contribution < -0.4 is 10.2 Å². The Labute approximate surface area is 253 Å². The number of nitrogens with zero attached hydrogens (tertiary/aromatic N) is 6. The first-order chi connectivity index (χ1) is 21.8. The number of para-hydroxylation sites is 1. The van der Waals surface area contributed by atoms with E-state index in [-0.39, 0.29) is 46.8 Å². The summed E-state index contributed by atoms with van der Waals surface area (Å²) < 4.78 is 6.63. The molecule has 4 aromatic heterocycles. The summed E-state index contributed by atoms with van der Waals surface area (Å²) in [4.78, 5) is 61.8. The number of carbonyl (C=O) groups excluding carboxylic acids is 3. The van der Waals surface area contributed by atoms with Crippen molar-refractivity contribution in [2.75, 3.05) is 6.61 Å². The molecule has 1 N–H and O–H groups in total. The highest BCUT2D eigenvalue weighted by Gasteiger charge is 2.26. The smallest absolute Gasteiger partial charge is 0.340 e. The first-order valence-electron chi connectivity index (χ1n) is 13.7. The first-order valence-corrected chi connectivity index (χ1v) is 13.7. The topological polar surface area (TPSA) is 173 Å². The predicted octanol–water partition coefficient (Wildman–Crippen LogP) is 4.17. The molecule has 14 heteroatoms. The fourth-order valence-corrected chi connectivity index (χ4v) is 4.70. The highest BCUT2D eigenvalue weighted by molar-refractivity contribution is 6.12. The van der Waals surface area contributed by atoms with Crippen molar-refractivity contribution in [3.05, 3.63) is 129 Å². The lowest BCUT2D eigenvalue weighted by molar-refractivity contribution is -0.386. The Balaban J connectivity index is 1.34. The van der Waals surface area contributed by atoms with E-state index in [1.807, 2.05) is 0 Å². The zero-order chi connectivity index (χ0) is 31.5. The number of hydrogen-bond donors (Lipinski definition) is 1. The third-order valence-corrected chi connectivity index (χ3v) is 6.84. The summed E-state index contributed by atoms with van der Waals surface area (Å²) in [5.74, 6) is -1.90. The van der Waals surface area contributed by atoms with E-state index in [4.69, 9.17) is 9.57 Å². The number of nitro benzene ring substituents is 1. The van der Waals surface area contributed by atoms with Gasteiger partial charge in [-0.25, -0.2) is 4.79 Å². The predicted molar refractivity (Wildman–Crippen MR) is 159 cm³/mol. The number of ether oxygens (including phenoxy) is 1. The minimum Gasteiger partial charge on any atom is -0.462 e. The third kappa shape index (κ3) is 5.67. The van der Waals surface area contributed by atoms with Crippen LogP contribution in [0.4, 0.5) is 5.69 Å². The Bertz CT molecular complexity index is 2100. The average Bonchev–Trinajstić information content (AvgIpc) is 3.65. The van der Waals surface area contributed by atoms with Gasteiger partial charge in [0.05, 0.1) is 40.5 Å². The molecule has 2 aromatic carbocycles. The largest absolute Gasteiger partial charge is 0.462 e. The fourth-order valence-electron chi connectivity index (χ4n) is 4.70. The quantitative estimate of drug-likeness (QED) is 0.103. The number of nitrogens with one attached hydrogen (secondary N) is 1. The van der Waals surface area contributed by atoms with Crippen LogP contribution in [0, 0.1) is 10.1 Å². The summed E-state index contributed by atoms with van der Waals surface area (Å²) >= 11 is 0. The lowest BCUT2D eigenvalue weighted by atomic mass is 10.1. The summed E-state index contributed by atoms with van der Waals surface area (Å²) in [5, 5.41) is 22.6. The van der Waals surface area contributed by atoms with Crippen molar-refractivity contribution < 1.29 is 28.9 Å². The second kappa shape index (κ2) is 12.0. The van der Waals surface area contributed by atoms with Crippen LogP contribution in [0.15, 0.2) is 91.3 Å². The fraction of sp³-hybridized carbons (Fsp3) is 0.0968. The van der Waals surface area contributed by atoms with Crippen LogP contribution in [0.2, 0.25) is 0 Å². The van der Waals surface area contributed by atoms with Crippen LogP contribution >= 0.6 is 0 Å². The van der Waals surface area contributed by atoms with Gasteiger partial charge in [-0.15, -0.1) is 5.10 Å². The molecule has 45 heavy (non-hydrogen) atoms. The maximum atomic E-state index is 13.8. The Morgan fingerprint density at radius 3 is 2.56 bits per heavy atom. The molecular weight excluding hydrogens is 582 g/mol. The van der Waals surface area contributed by atoms with E-state index in [2.05, 4.69) is 20.6 Å². The van der Waals surface area contributed by atoms with Gasteiger partial charge in [0.2, 0.25) is 11.5 Å². The van der Waals surface area contributed by atoms with Gasteiger partial charge >= 0.3 is 11.7 Å². The lowest BCUT2D eigenvalue weighted by Crippen LogP contribution is -2.23. The second-order valence-electron chi connectivity index (χ2n) is 9.65. The Morgan fingerprint density at radius 2 is 1.78 bits per heavy atom. The number of pyridine rings is 2. The number of rotatable bonds is 10. The van der Waals surface area contributed by atoms with Crippen LogP contribution in [0.1, 0.15) is 49.4 Å². The van der Waals surface area contributed by atoms with Gasteiger partial charge in [0.15, 0.2) is 0 Å². The van der Waals surface area contributed by atoms with E-state index >= 15 is 0 Å². The van der Waals surface area contributed by atoms with Crippen molar-refractivity contribution in [2.45, 2.75) is 13.5 Å². The van der Waals surface area contributed by atoms with Crippen LogP contribution in [0.5, 0.6) is 5.75 Å². The normalized spacial score (nSPS) is 11.0. The van der Waals surface area contributed by atoms with Gasteiger partial charge in [-0.3, -0.25) is 24.7 Å². The van der Waals surface area contributed by atoms with E-state index < -0.39 is 28.3 Å². The number of benzene rings is 2. The molecular formula is C31H23N7O7. The van der Waals surface area contributed by atoms with Crippen molar-refractivity contribution in [3.63, 3.8) is 0 Å². The van der Waals surface area contributed by atoms with Gasteiger partial charge in [-0.1, -0.05) is 23.0 Å². The SMILES string of the molecule is CCOC(=O)c1cc(C(=O)c2ccc(On3nnc4ccccc43)c([N+](=O)[O-])c2)n2ccc(C(=O)NCc3ccccn3)cc12. The van der Waals surface area contributed by atoms with E-state index in [0.29, 0.717) is 16.7 Å². The van der Waals surface area contributed by atoms with Crippen molar-refractivity contribution in [1.82, 2.24) is 29.9 Å². The minimum absolute atomic E-state index is 0.0266. The number of aromatic nitrogens is 5. The van der Waals surface area contributed by atoms with Crippen molar-refractivity contribution in [2.24, 2.45) is 0 Å². The van der Waals surface area contributed by atoms with E-state index in [9.17, 15) is 24.5 Å². The summed E-state index contributed by atoms with van der Waals surface area (Å²) in [6, 6.07) is 20.3. The molecule has 6 aromatic rings. The summed E-state index contributed by atoms with van der Waals surface area (Å²) in [5.41, 5.74) is 1.71. The molecule has 224 valence electrons. The van der Waals surface area contributed by atoms with Gasteiger partial charge in [-0.05, 0) is 66.7 Å². The first kappa shape index (κ1) is 28.7. The molecule has 6 rings (SSSR count). The number of ketones is 1. The molecule has 0 bridgehead atoms. The van der Waals surface area contributed by atoms with Gasteiger partial charge < -0.3 is 19.3 Å². The Hall–Kier alpha value is -6.44. The van der Waals surface area contributed by atoms with Crippen LogP contribution in [-0.2, 0) is 11.3 Å². The standard InChI is InChI=1S/C31H23N7O7/c1-2-44-31(41)22-17-27(36-14-12-20(16-25(22)36)30(40)33-18-21-7-5-6-13-32-21)29(39)19-10-11-28(26(15-19)38(42)43)45-37-24-9-4-3-8-23(24)34-35-37/h3-17H,2,18H2,1H3,(H,33,40). The molecule has 1 amide bonds. The van der Waals surface area contributed by atoms with Gasteiger partial charge in [-0.2, -0.15) is 0 Å². The molecule has 0 fully saturated rings. The molecule has 0 atom stereocenters. The summed E-state index contributed by atoms with van der Waals surface area (Å²) in [7, 11) is 0. The Morgan fingerprint density at radius 1 is 0.956 bits per heavy atom. The molecule has 4 heterocycles. The molecule has 14 nitrogen and oxygen atoms in total. The van der Waals surface area contributed by atoms with Gasteiger partial charge in [0.1, 0.15) is 11.0 Å². The van der Waals surface area contributed by atoms with Crippen molar-refractivity contribution in [3.8, 4) is 5.75 Å². The van der Waals surface area contributed by atoms with Crippen molar-refractivity contribution in [1.29, 1.82) is 0 Å². The lowest BCUT2D eigenvalue weighted by Gasteiger charge is -2.09. The number of amides is 1. The molecule has 0 saturated heterocycles. The molecule has 0 aliphatic heterocycles. The highest BCUT2D eigenvalue weighted by atomic mass is 16.7. The summed E-state index contributed by atoms with van der Waals surface area (Å²) in [6.07, 6.45) is 3.09. The van der Waals surface area contributed by atoms with Crippen LogP contribution in [-0.4, -0.2) is 53.7 Å². The number of esters is 1. The zero-order valence-corrected chi connectivity index (χ0v) is 23.6. The maximum absolute atomic E-state index is 13.8. The second-order valence-corrected chi connectivity index (χ2v) is 9.65. The molecule has 0 spiro atoms. The van der Waals surface area contributed by atoms with Gasteiger partial charge in [0, 0.05) is 29.6 Å². The monoisotopic (exact) mass is 605 g/mol. The van der Waals surface area contributed by atoms with Gasteiger partial charge in [0.25, 0.3) is 5.91 Å². The number of carbonyl (C=O) groups is 3. The molecule has 0 unspecified atom stereocenters. The molecule has 0 radical (unpaired) electrons. The highest BCUT2D eigenvalue weighted by Crippen LogP contribution is 2.31. The molecule has 0 aliphatic rings. The maximum Gasteiger partial charge on any atom is 0.340 e. The van der Waals surface area contributed by atoms with Crippen LogP contribution in [0.25, 0.3) is 16.6 Å². The van der Waals surface area contributed by atoms with Crippen molar-refractivity contribution >= 4 is 39.9 Å². The minimum atomic E-state index is -0.699. The Kier molecular flexibility index (Phi) is 7.67. The number of fused-ring (bicyclic) bond motifs is 2. The third-order valence-electron chi connectivity index (χ3n) is 6.84. The molecule has 0 aliphatic carbocycles. The van der Waals surface area contributed by atoms with Crippen LogP contribution in [0.3, 0.4) is 0 Å². The number of hydrogen-bond acceptors (Lipinski definition) is 10. The molecule has 0 saturated carbocycles. The van der Waals surface area contributed by atoms with E-state index in [1.54, 1.807) is 55.6 Å². The average molecular weight is 606 g/mol. The number of nitro groups is 1. The zero-order valence-electron chi connectivity index (χ0n) is 23.6.